The van der Waals surface area contributed by atoms with Crippen LogP contribution in [0.2, 0.25) is 0 Å². The van der Waals surface area contributed by atoms with Gasteiger partial charge in [0.2, 0.25) is 6.08 Å². The number of nitriles is 2. The number of nitrogens with one attached hydrogen (secondary N) is 1. The van der Waals surface area contributed by atoms with Crippen LogP contribution in [-0.4, -0.2) is 187 Å². The molecule has 0 radical (unpaired) electrons. The van der Waals surface area contributed by atoms with E-state index in [0.29, 0.717) is 57.2 Å². The Morgan fingerprint density at radius 2 is 1.04 bits per heavy atom. The molecular weight excluding hydrogens is 1830 g/mol. The van der Waals surface area contributed by atoms with Gasteiger partial charge >= 0.3 is 32.3 Å². The van der Waals surface area contributed by atoms with E-state index in [2.05, 4.69) is 165 Å². The largest absolute Gasteiger partial charge is 0.545 e. The van der Waals surface area contributed by atoms with Gasteiger partial charge < -0.3 is 62.7 Å². The summed E-state index contributed by atoms with van der Waals surface area (Å²) in [5.74, 6) is -2.40. The van der Waals surface area contributed by atoms with Crippen LogP contribution in [-0.2, 0) is 30.2 Å². The van der Waals surface area contributed by atoms with Crippen LogP contribution in [0.25, 0.3) is 79.7 Å². The SMILES string of the molecule is CBr.CC#N.CCl.CI.CN=C=O.CN=C=S.CN=C=[Se].COP(C=O)c1ccccc1.CP1OCCO1.CSC#N.Cc1ccc(-c2ccc(-c3cc(C(=O)[O-])cc(-c4cc(C)ccn4)n3)nc2)cc1.Cc1ccnc(-c2cc(C(=O)[O-])cc(-c3cc(C(=O)[O-])ccn3)n2)c1.Cn1ccnc1-c1cc(C(=O)[O-])cc(-c2ncc[nH]2)n1. The van der Waals surface area contributed by atoms with E-state index in [9.17, 15) is 44.4 Å². The molecule has 1 atom stereocenters. The zero-order chi connectivity index (χ0) is 87.3. The first-order chi connectivity index (χ1) is 55.9. The van der Waals surface area contributed by atoms with Crippen molar-refractivity contribution in [3.8, 4) is 91.2 Å². The topological polar surface area (TPSA) is 444 Å². The number of imidazole rings is 2. The Bertz CT molecular complexity index is 5000. The number of aliphatic imine (C=N–C) groups is 3. The molecule has 0 spiro atoms. The zero-order valence-electron chi connectivity index (χ0n) is 65.2. The number of carboxylic acids is 4. The third-order valence-corrected chi connectivity index (χ3v) is 16.5. The molecule has 37 heteroatoms. The number of aromatic carboxylic acids is 4. The molecule has 12 rings (SSSR count). The van der Waals surface area contributed by atoms with Gasteiger partial charge in [0.25, 0.3) is 0 Å². The molecule has 1 unspecified atom stereocenters. The van der Waals surface area contributed by atoms with Gasteiger partial charge in [-0.3, -0.25) is 24.7 Å². The summed E-state index contributed by atoms with van der Waals surface area (Å²) in [7, 11) is 6.50. The molecule has 0 amide bonds. The number of nitrogens with zero attached hydrogens (tertiary/aromatic N) is 15. The number of aryl methyl sites for hydroxylation is 4. The summed E-state index contributed by atoms with van der Waals surface area (Å²) >= 11 is 17.5. The van der Waals surface area contributed by atoms with Crippen molar-refractivity contribution in [1.82, 2.24) is 54.4 Å². The first-order valence-electron chi connectivity index (χ1n) is 32.8. The van der Waals surface area contributed by atoms with Crippen LogP contribution in [0.3, 0.4) is 0 Å². The molecule has 11 aromatic rings. The van der Waals surface area contributed by atoms with E-state index in [-0.39, 0.29) is 33.6 Å². The Balaban J connectivity index is 0.00000138. The molecule has 0 aliphatic carbocycles. The summed E-state index contributed by atoms with van der Waals surface area (Å²) in [6.45, 7) is 10.8. The van der Waals surface area contributed by atoms with Crippen molar-refractivity contribution in [3.63, 3.8) is 0 Å². The van der Waals surface area contributed by atoms with Crippen molar-refractivity contribution in [2.75, 3.05) is 71.5 Å². The number of hydrogen-bond donors (Lipinski definition) is 1. The number of thioether (sulfide) groups is 1. The number of alkyl halides is 3. The molecule has 1 fully saturated rings. The van der Waals surface area contributed by atoms with Crippen molar-refractivity contribution < 1.29 is 62.8 Å². The summed E-state index contributed by atoms with van der Waals surface area (Å²) in [6.07, 6.45) is 17.4. The molecule has 1 N–H and O–H groups in total. The quantitative estimate of drug-likeness (QED) is 0.0122. The van der Waals surface area contributed by atoms with Crippen molar-refractivity contribution in [3.05, 3.63) is 228 Å². The normalized spacial score (nSPS) is 10.1. The van der Waals surface area contributed by atoms with Crippen LogP contribution in [0.1, 0.15) is 65.0 Å². The number of thiocyanates is 1. The summed E-state index contributed by atoms with van der Waals surface area (Å²) in [5.41, 5.74) is 9.26. The molecule has 0 bridgehead atoms. The van der Waals surface area contributed by atoms with E-state index in [1.165, 1.54) is 86.7 Å². The smallest absolute Gasteiger partial charge is 0.173 e. The third-order valence-electron chi connectivity index (χ3n) is 13.3. The summed E-state index contributed by atoms with van der Waals surface area (Å²) in [5, 5.41) is 64.8. The van der Waals surface area contributed by atoms with Crippen molar-refractivity contribution in [1.29, 1.82) is 10.5 Å². The number of isothiocyanates is 1. The predicted octanol–water partition coefficient (Wildman–Crippen LogP) is 11.5. The van der Waals surface area contributed by atoms with E-state index in [1.807, 2.05) is 117 Å². The van der Waals surface area contributed by atoms with Crippen molar-refractivity contribution in [2.24, 2.45) is 22.0 Å². The van der Waals surface area contributed by atoms with Gasteiger partial charge in [-0.05, 0) is 157 Å². The first kappa shape index (κ1) is 105. The van der Waals surface area contributed by atoms with Gasteiger partial charge in [0, 0.05) is 131 Å². The average Bonchev–Trinajstić information content (AvgIpc) is 1.50. The van der Waals surface area contributed by atoms with E-state index in [0.717, 1.165) is 58.6 Å². The van der Waals surface area contributed by atoms with Crippen molar-refractivity contribution in [2.45, 2.75) is 27.7 Å². The Morgan fingerprint density at radius 1 is 0.629 bits per heavy atom. The minimum Gasteiger partial charge on any atom is -0.545 e. The fourth-order valence-electron chi connectivity index (χ4n) is 8.39. The number of carboxylic acid groups (broad SMARTS) is 4. The molecule has 606 valence electrons. The maximum absolute atomic E-state index is 11.5. The van der Waals surface area contributed by atoms with Gasteiger partial charge in [-0.25, -0.2) is 39.7 Å². The van der Waals surface area contributed by atoms with Gasteiger partial charge in [0.15, 0.2) is 26.1 Å². The fraction of sp³-hybridized carbons (Fsp3) is 0.203. The summed E-state index contributed by atoms with van der Waals surface area (Å²) in [6, 6.07) is 42.3. The standard InChI is InChI=1S/C24H19N3O2.C18H13N3O4.C13H11N5O2.C8H9O2P.C3H7O2P.C2H3NO.2C2H3NS.C2H3NSe.C2H3N.CH3Br.CH3Cl.CH3I/c1-15-3-5-17(6-4-15)18-7-8-20(26-14-18)22-12-19(24(28)29)13-23(27-22)21-11-16(2)9-10-25-21;1-10-2-4-19-13(6-10)15-8-12(18(24)25)9-16(21-15)14-7-11(17(22)23)3-5-20-14;1-18-5-4-16-12(18)10-7-8(13(19)20)6-9(17-10)11-14-2-3-15-11;1-10-11(7-9)8-5-3-2-4-6-8;1-6-4-2-3-5-6;1-3-2-4;1-4-2-3;2*1-3-2-4;1-2-3;3*1-2/h3-14H,1-2H3,(H,28,29);2-9H,1H3,(H,22,23)(H,24,25);2-7H,1H3,(H,14,15)(H,19,20);2-7H,1H3;2-3H2,1H3;4*1H3;1H3;3*1H3/p-4. The second kappa shape index (κ2) is 63.6. The van der Waals surface area contributed by atoms with Crippen LogP contribution < -0.4 is 25.7 Å². The van der Waals surface area contributed by atoms with E-state index < -0.39 is 40.4 Å². The number of H-pyrrole nitrogens is 1. The first-order valence-corrected chi connectivity index (χ1v) is 42.7. The number of isocyanates is 1. The molecular formula is C79H79BrClIN16O13P2S2Se-4. The molecule has 1 aliphatic rings. The number of halogens is 3. The van der Waals surface area contributed by atoms with E-state index in [1.54, 1.807) is 93.6 Å². The van der Waals surface area contributed by atoms with Gasteiger partial charge in [0.1, 0.15) is 24.9 Å². The second-order valence-electron chi connectivity index (χ2n) is 21.0. The molecule has 2 aromatic carbocycles. The molecule has 9 aromatic heterocycles. The van der Waals surface area contributed by atoms with E-state index >= 15 is 0 Å². The van der Waals surface area contributed by atoms with Gasteiger partial charge in [-0.1, -0.05) is 105 Å². The van der Waals surface area contributed by atoms with E-state index in [4.69, 9.17) is 28.9 Å². The third kappa shape index (κ3) is 40.5. The monoisotopic (exact) mass is 1910 g/mol. The van der Waals surface area contributed by atoms with Gasteiger partial charge in [-0.2, -0.15) is 10.5 Å². The van der Waals surface area contributed by atoms with Gasteiger partial charge in [-0.15, -0.1) is 11.6 Å². The summed E-state index contributed by atoms with van der Waals surface area (Å²) in [4.78, 5) is 117. The molecule has 1 aliphatic heterocycles. The maximum Gasteiger partial charge on any atom is 0.173 e. The Labute approximate surface area is 719 Å². The molecule has 116 heavy (non-hydrogen) atoms. The minimum atomic E-state index is -1.38. The second-order valence-corrected chi connectivity index (χ2v) is 25.3. The minimum absolute atomic E-state index is 0.0319. The Kier molecular flexibility index (Phi) is 57.7. The predicted molar refractivity (Wildman–Crippen MR) is 465 cm³/mol. The molecule has 1 saturated heterocycles. The number of aromatic amines is 1. The number of carbonyl (C=O) groups excluding carboxylic acids is 6. The Hall–Kier alpha value is -10.7. The number of thiocarbonyl (C=S) groups is 1. The molecule has 10 heterocycles. The number of carbonyl (C=O) groups is 5. The maximum atomic E-state index is 11.5. The number of benzene rings is 2. The number of hydrogen-bond acceptors (Lipinski definition) is 29. The fourth-order valence-corrected chi connectivity index (χ4v) is 10.0. The molecule has 0 saturated carbocycles. The average molecular weight is 1910 g/mol. The van der Waals surface area contributed by atoms with Crippen LogP contribution in [0, 0.1) is 42.8 Å². The Morgan fingerprint density at radius 3 is 1.39 bits per heavy atom. The van der Waals surface area contributed by atoms with Crippen LogP contribution in [0.4, 0.5) is 0 Å². The number of aromatic nitrogens is 11. The number of rotatable bonds is 14. The zero-order valence-corrected chi connectivity index (χ0v) is 74.8. The van der Waals surface area contributed by atoms with Crippen LogP contribution >= 0.6 is 90.6 Å². The molecule has 29 nitrogen and oxygen atoms in total. The van der Waals surface area contributed by atoms with Crippen molar-refractivity contribution >= 4 is 157 Å². The van der Waals surface area contributed by atoms with Gasteiger partial charge in [0.05, 0.1) is 93.9 Å². The van der Waals surface area contributed by atoms with Crippen LogP contribution in [0.5, 0.6) is 0 Å². The summed E-state index contributed by atoms with van der Waals surface area (Å²) < 4.78 is 19.2. The van der Waals surface area contributed by atoms with Crippen LogP contribution in [0.15, 0.2) is 204 Å². The number of pyridine rings is 7.